The molecule has 1 rings (SSSR count). The molecule has 0 heterocycles. The molecule has 0 spiro atoms. The first-order valence-corrected chi connectivity index (χ1v) is 6.00. The molecule has 0 amide bonds. The highest BCUT2D eigenvalue weighted by atomic mass is 16.5. The van der Waals surface area contributed by atoms with Crippen molar-refractivity contribution < 1.29 is 14.3 Å². The SMILES string of the molecule is COCC(C)CNc1ccc(C(=O)OC)cc1C. The van der Waals surface area contributed by atoms with Crippen LogP contribution in [-0.2, 0) is 9.47 Å². The van der Waals surface area contributed by atoms with Crippen LogP contribution < -0.4 is 5.32 Å². The van der Waals surface area contributed by atoms with Gasteiger partial charge in [-0.15, -0.1) is 0 Å². The molecule has 4 nitrogen and oxygen atoms in total. The van der Waals surface area contributed by atoms with Crippen molar-refractivity contribution in [2.75, 3.05) is 32.7 Å². The Kier molecular flexibility index (Phi) is 5.65. The van der Waals surface area contributed by atoms with E-state index in [1.54, 1.807) is 13.2 Å². The average Bonchev–Trinajstić information content (AvgIpc) is 2.36. The summed E-state index contributed by atoms with van der Waals surface area (Å²) in [5.41, 5.74) is 2.64. The lowest BCUT2D eigenvalue weighted by Gasteiger charge is -2.14. The molecule has 4 heteroatoms. The van der Waals surface area contributed by atoms with E-state index >= 15 is 0 Å². The third kappa shape index (κ3) is 4.04. The molecule has 0 bridgehead atoms. The van der Waals surface area contributed by atoms with Crippen molar-refractivity contribution in [2.45, 2.75) is 13.8 Å². The van der Waals surface area contributed by atoms with Crippen molar-refractivity contribution in [1.29, 1.82) is 0 Å². The summed E-state index contributed by atoms with van der Waals surface area (Å²) in [6, 6.07) is 5.50. The number of ether oxygens (including phenoxy) is 2. The minimum atomic E-state index is -0.308. The Labute approximate surface area is 108 Å². The normalized spacial score (nSPS) is 12.0. The Morgan fingerprint density at radius 1 is 1.39 bits per heavy atom. The first-order valence-electron chi connectivity index (χ1n) is 6.00. The summed E-state index contributed by atoms with van der Waals surface area (Å²) in [4.78, 5) is 11.4. The van der Waals surface area contributed by atoms with Crippen LogP contribution >= 0.6 is 0 Å². The van der Waals surface area contributed by atoms with Gasteiger partial charge in [-0.2, -0.15) is 0 Å². The number of carbonyl (C=O) groups excluding carboxylic acids is 1. The summed E-state index contributed by atoms with van der Waals surface area (Å²) in [6.45, 7) is 5.66. The second kappa shape index (κ2) is 7.01. The number of anilines is 1. The number of nitrogens with one attached hydrogen (secondary N) is 1. The third-order valence-corrected chi connectivity index (χ3v) is 2.74. The molecule has 0 radical (unpaired) electrons. The molecule has 1 aromatic carbocycles. The van der Waals surface area contributed by atoms with Crippen molar-refractivity contribution in [1.82, 2.24) is 0 Å². The number of esters is 1. The van der Waals surface area contributed by atoms with E-state index in [4.69, 9.17) is 4.74 Å². The fraction of sp³-hybridized carbons (Fsp3) is 0.500. The van der Waals surface area contributed by atoms with E-state index in [9.17, 15) is 4.79 Å². The molecule has 0 fully saturated rings. The first kappa shape index (κ1) is 14.5. The fourth-order valence-corrected chi connectivity index (χ4v) is 1.73. The largest absolute Gasteiger partial charge is 0.465 e. The van der Waals surface area contributed by atoms with Crippen molar-refractivity contribution in [2.24, 2.45) is 5.92 Å². The summed E-state index contributed by atoms with van der Waals surface area (Å²) >= 11 is 0. The minimum Gasteiger partial charge on any atom is -0.465 e. The molecule has 1 unspecified atom stereocenters. The Balaban J connectivity index is 2.65. The zero-order chi connectivity index (χ0) is 13.5. The number of benzene rings is 1. The molecule has 0 aliphatic rings. The molecule has 0 aliphatic heterocycles. The molecule has 1 N–H and O–H groups in total. The average molecular weight is 251 g/mol. The van der Waals surface area contributed by atoms with E-state index in [0.29, 0.717) is 11.5 Å². The molecular formula is C14H21NO3. The maximum atomic E-state index is 11.4. The van der Waals surface area contributed by atoms with Gasteiger partial charge in [0.2, 0.25) is 0 Å². The Bertz CT molecular complexity index is 404. The van der Waals surface area contributed by atoms with E-state index in [-0.39, 0.29) is 5.97 Å². The Hall–Kier alpha value is -1.55. The minimum absolute atomic E-state index is 0.308. The number of aryl methyl sites for hydroxylation is 1. The van der Waals surface area contributed by atoms with Gasteiger partial charge in [0, 0.05) is 19.3 Å². The molecule has 0 aliphatic carbocycles. The number of hydrogen-bond acceptors (Lipinski definition) is 4. The topological polar surface area (TPSA) is 47.6 Å². The maximum absolute atomic E-state index is 11.4. The number of hydrogen-bond donors (Lipinski definition) is 1. The van der Waals surface area contributed by atoms with Gasteiger partial charge in [-0.25, -0.2) is 4.79 Å². The van der Waals surface area contributed by atoms with Gasteiger partial charge in [-0.3, -0.25) is 0 Å². The molecule has 0 aromatic heterocycles. The number of methoxy groups -OCH3 is 2. The smallest absolute Gasteiger partial charge is 0.337 e. The Morgan fingerprint density at radius 3 is 2.67 bits per heavy atom. The summed E-state index contributed by atoms with van der Waals surface area (Å²) < 4.78 is 9.77. The van der Waals surface area contributed by atoms with Gasteiger partial charge in [0.1, 0.15) is 0 Å². The highest BCUT2D eigenvalue weighted by molar-refractivity contribution is 5.90. The molecule has 100 valence electrons. The molecular weight excluding hydrogens is 230 g/mol. The Morgan fingerprint density at radius 2 is 2.11 bits per heavy atom. The van der Waals surface area contributed by atoms with Crippen LogP contribution in [0.5, 0.6) is 0 Å². The van der Waals surface area contributed by atoms with Crippen LogP contribution in [0.3, 0.4) is 0 Å². The number of carbonyl (C=O) groups is 1. The van der Waals surface area contributed by atoms with E-state index in [2.05, 4.69) is 17.0 Å². The highest BCUT2D eigenvalue weighted by Gasteiger charge is 2.08. The quantitative estimate of drug-likeness (QED) is 0.789. The van der Waals surface area contributed by atoms with E-state index in [1.807, 2.05) is 19.1 Å². The lowest BCUT2D eigenvalue weighted by Crippen LogP contribution is -2.16. The zero-order valence-corrected chi connectivity index (χ0v) is 11.4. The first-order chi connectivity index (χ1) is 8.58. The molecule has 0 saturated carbocycles. The zero-order valence-electron chi connectivity index (χ0n) is 11.4. The van der Waals surface area contributed by atoms with Crippen molar-refractivity contribution in [3.8, 4) is 0 Å². The lowest BCUT2D eigenvalue weighted by molar-refractivity contribution is 0.0600. The van der Waals surface area contributed by atoms with E-state index in [0.717, 1.165) is 24.4 Å². The van der Waals surface area contributed by atoms with Crippen LogP contribution in [0.25, 0.3) is 0 Å². The van der Waals surface area contributed by atoms with Crippen LogP contribution in [-0.4, -0.2) is 33.3 Å². The van der Waals surface area contributed by atoms with E-state index < -0.39 is 0 Å². The second-order valence-corrected chi connectivity index (χ2v) is 4.46. The van der Waals surface area contributed by atoms with Gasteiger partial charge in [0.15, 0.2) is 0 Å². The summed E-state index contributed by atoms with van der Waals surface area (Å²) in [5, 5.41) is 3.35. The summed E-state index contributed by atoms with van der Waals surface area (Å²) in [5.74, 6) is 0.132. The number of rotatable bonds is 6. The van der Waals surface area contributed by atoms with Gasteiger partial charge in [0.05, 0.1) is 19.3 Å². The van der Waals surface area contributed by atoms with Crippen LogP contribution in [0.15, 0.2) is 18.2 Å². The van der Waals surface area contributed by atoms with Gasteiger partial charge >= 0.3 is 5.97 Å². The molecule has 1 aromatic rings. The van der Waals surface area contributed by atoms with Crippen molar-refractivity contribution in [3.05, 3.63) is 29.3 Å². The van der Waals surface area contributed by atoms with Gasteiger partial charge in [0.25, 0.3) is 0 Å². The molecule has 0 saturated heterocycles. The molecule has 18 heavy (non-hydrogen) atoms. The van der Waals surface area contributed by atoms with Crippen molar-refractivity contribution in [3.63, 3.8) is 0 Å². The fourth-order valence-electron chi connectivity index (χ4n) is 1.73. The van der Waals surface area contributed by atoms with E-state index in [1.165, 1.54) is 7.11 Å². The van der Waals surface area contributed by atoms with Crippen LogP contribution in [0.2, 0.25) is 0 Å². The second-order valence-electron chi connectivity index (χ2n) is 4.46. The van der Waals surface area contributed by atoms with Gasteiger partial charge < -0.3 is 14.8 Å². The van der Waals surface area contributed by atoms with Crippen LogP contribution in [0.1, 0.15) is 22.8 Å². The summed E-state index contributed by atoms with van der Waals surface area (Å²) in [6.07, 6.45) is 0. The van der Waals surface area contributed by atoms with Gasteiger partial charge in [-0.1, -0.05) is 6.92 Å². The van der Waals surface area contributed by atoms with Crippen LogP contribution in [0.4, 0.5) is 5.69 Å². The standard InChI is InChI=1S/C14H21NO3/c1-10(9-17-3)8-15-13-6-5-12(7-11(13)2)14(16)18-4/h5-7,10,15H,8-9H2,1-4H3. The predicted molar refractivity (Wildman–Crippen MR) is 72.0 cm³/mol. The van der Waals surface area contributed by atoms with Crippen molar-refractivity contribution >= 4 is 11.7 Å². The highest BCUT2D eigenvalue weighted by Crippen LogP contribution is 2.17. The van der Waals surface area contributed by atoms with Gasteiger partial charge in [-0.05, 0) is 36.6 Å². The monoisotopic (exact) mass is 251 g/mol. The third-order valence-electron chi connectivity index (χ3n) is 2.74. The van der Waals surface area contributed by atoms with Crippen LogP contribution in [0, 0.1) is 12.8 Å². The molecule has 1 atom stereocenters. The predicted octanol–water partition coefficient (Wildman–Crippen LogP) is 2.48. The summed E-state index contributed by atoms with van der Waals surface area (Å²) in [7, 11) is 3.09. The lowest BCUT2D eigenvalue weighted by atomic mass is 10.1. The maximum Gasteiger partial charge on any atom is 0.337 e.